The number of nitrogens with two attached hydrogens (primary N) is 1. The van der Waals surface area contributed by atoms with E-state index in [1.54, 1.807) is 12.1 Å². The van der Waals surface area contributed by atoms with Gasteiger partial charge in [-0.05, 0) is 23.6 Å². The average Bonchev–Trinajstić information content (AvgIpc) is 2.19. The zero-order chi connectivity index (χ0) is 12.8. The lowest BCUT2D eigenvalue weighted by atomic mass is 10.1. The van der Waals surface area contributed by atoms with Crippen molar-refractivity contribution in [3.63, 3.8) is 0 Å². The van der Waals surface area contributed by atoms with E-state index in [4.69, 9.17) is 5.73 Å². The Bertz CT molecular complexity index is 360. The lowest BCUT2D eigenvalue weighted by molar-refractivity contribution is -0.119. The zero-order valence-corrected chi connectivity index (χ0v) is 10.4. The number of rotatable bonds is 6. The molecule has 0 aliphatic carbocycles. The van der Waals surface area contributed by atoms with Gasteiger partial charge in [0, 0.05) is 13.1 Å². The number of amides is 1. The van der Waals surface area contributed by atoms with Gasteiger partial charge in [0.15, 0.2) is 0 Å². The largest absolute Gasteiger partial charge is 0.508 e. The van der Waals surface area contributed by atoms with E-state index in [1.807, 2.05) is 17.0 Å². The van der Waals surface area contributed by atoms with Crippen LogP contribution in [-0.4, -0.2) is 29.0 Å². The molecule has 0 saturated carbocycles. The highest BCUT2D eigenvalue weighted by Crippen LogP contribution is 2.12. The molecule has 0 unspecified atom stereocenters. The second-order valence-corrected chi connectivity index (χ2v) is 4.70. The summed E-state index contributed by atoms with van der Waals surface area (Å²) in [6, 6.07) is 6.99. The molecular weight excluding hydrogens is 216 g/mol. The van der Waals surface area contributed by atoms with Crippen LogP contribution in [0.15, 0.2) is 24.3 Å². The fourth-order valence-electron chi connectivity index (χ4n) is 1.78. The van der Waals surface area contributed by atoms with Crippen molar-refractivity contribution in [3.05, 3.63) is 29.8 Å². The molecule has 0 atom stereocenters. The first-order valence-electron chi connectivity index (χ1n) is 5.76. The van der Waals surface area contributed by atoms with E-state index in [0.717, 1.165) is 12.1 Å². The van der Waals surface area contributed by atoms with Gasteiger partial charge in [-0.15, -0.1) is 0 Å². The molecule has 1 aromatic rings. The normalized spacial score (nSPS) is 11.1. The highest BCUT2D eigenvalue weighted by molar-refractivity contribution is 5.75. The third kappa shape index (κ3) is 5.36. The minimum absolute atomic E-state index is 0.249. The maximum absolute atomic E-state index is 11.0. The van der Waals surface area contributed by atoms with Gasteiger partial charge in [-0.2, -0.15) is 0 Å². The second-order valence-electron chi connectivity index (χ2n) is 4.70. The number of phenols is 1. The summed E-state index contributed by atoms with van der Waals surface area (Å²) in [6.45, 7) is 5.96. The maximum atomic E-state index is 11.0. The molecule has 0 spiro atoms. The number of hydrogen-bond acceptors (Lipinski definition) is 3. The van der Waals surface area contributed by atoms with Gasteiger partial charge in [-0.3, -0.25) is 9.69 Å². The van der Waals surface area contributed by atoms with E-state index in [1.165, 1.54) is 0 Å². The number of aromatic hydroxyl groups is 1. The molecule has 0 bridgehead atoms. The summed E-state index contributed by atoms with van der Waals surface area (Å²) in [5.41, 5.74) is 6.29. The second kappa shape index (κ2) is 6.25. The molecule has 1 amide bonds. The van der Waals surface area contributed by atoms with Crippen molar-refractivity contribution in [2.24, 2.45) is 11.7 Å². The Kier molecular flexibility index (Phi) is 4.97. The van der Waals surface area contributed by atoms with E-state index >= 15 is 0 Å². The van der Waals surface area contributed by atoms with Crippen molar-refractivity contribution >= 4 is 5.91 Å². The summed E-state index contributed by atoms with van der Waals surface area (Å²) >= 11 is 0. The van der Waals surface area contributed by atoms with Crippen molar-refractivity contribution in [2.75, 3.05) is 13.1 Å². The lowest BCUT2D eigenvalue weighted by Gasteiger charge is -2.22. The van der Waals surface area contributed by atoms with Crippen LogP contribution in [0.5, 0.6) is 5.75 Å². The number of hydrogen-bond donors (Lipinski definition) is 2. The third-order valence-corrected chi connectivity index (χ3v) is 2.35. The minimum atomic E-state index is -0.315. The minimum Gasteiger partial charge on any atom is -0.508 e. The Morgan fingerprint density at radius 1 is 1.35 bits per heavy atom. The van der Waals surface area contributed by atoms with Crippen LogP contribution in [0.25, 0.3) is 0 Å². The monoisotopic (exact) mass is 236 g/mol. The van der Waals surface area contributed by atoms with Gasteiger partial charge in [-0.25, -0.2) is 0 Å². The maximum Gasteiger partial charge on any atom is 0.231 e. The van der Waals surface area contributed by atoms with Crippen LogP contribution >= 0.6 is 0 Å². The molecule has 0 aliphatic heterocycles. The Labute approximate surface area is 102 Å². The molecule has 4 heteroatoms. The van der Waals surface area contributed by atoms with E-state index in [9.17, 15) is 9.90 Å². The van der Waals surface area contributed by atoms with Crippen molar-refractivity contribution in [1.82, 2.24) is 4.90 Å². The number of phenolic OH excluding ortho intramolecular Hbond substituents is 1. The van der Waals surface area contributed by atoms with Gasteiger partial charge in [0.25, 0.3) is 0 Å². The number of primary amides is 1. The van der Waals surface area contributed by atoms with Crippen LogP contribution in [0, 0.1) is 5.92 Å². The highest BCUT2D eigenvalue weighted by atomic mass is 16.3. The van der Waals surface area contributed by atoms with Crippen LogP contribution in [0.3, 0.4) is 0 Å². The van der Waals surface area contributed by atoms with E-state index < -0.39 is 0 Å². The molecule has 4 nitrogen and oxygen atoms in total. The quantitative estimate of drug-likeness (QED) is 0.783. The number of benzene rings is 1. The van der Waals surface area contributed by atoms with Gasteiger partial charge < -0.3 is 10.8 Å². The summed E-state index contributed by atoms with van der Waals surface area (Å²) in [6.07, 6.45) is 0. The van der Waals surface area contributed by atoms with Crippen molar-refractivity contribution in [1.29, 1.82) is 0 Å². The molecule has 94 valence electrons. The average molecular weight is 236 g/mol. The third-order valence-electron chi connectivity index (χ3n) is 2.35. The first-order valence-corrected chi connectivity index (χ1v) is 5.76. The first kappa shape index (κ1) is 13.5. The van der Waals surface area contributed by atoms with E-state index in [-0.39, 0.29) is 18.2 Å². The summed E-state index contributed by atoms with van der Waals surface area (Å²) in [5.74, 6) is 0.412. The zero-order valence-electron chi connectivity index (χ0n) is 10.4. The van der Waals surface area contributed by atoms with Crippen molar-refractivity contribution in [2.45, 2.75) is 20.4 Å². The van der Waals surface area contributed by atoms with E-state index in [2.05, 4.69) is 13.8 Å². The van der Waals surface area contributed by atoms with E-state index in [0.29, 0.717) is 12.5 Å². The molecule has 0 aromatic heterocycles. The Hall–Kier alpha value is -1.55. The molecular formula is C13H20N2O2. The van der Waals surface area contributed by atoms with Gasteiger partial charge in [0.1, 0.15) is 5.75 Å². The fraction of sp³-hybridized carbons (Fsp3) is 0.462. The SMILES string of the molecule is CC(C)CN(CC(N)=O)Cc1ccc(O)cc1. The van der Waals surface area contributed by atoms with Crippen molar-refractivity contribution in [3.8, 4) is 5.75 Å². The first-order chi connectivity index (χ1) is 7.97. The molecule has 1 aromatic carbocycles. The summed E-state index contributed by atoms with van der Waals surface area (Å²) in [4.78, 5) is 13.0. The van der Waals surface area contributed by atoms with Crippen LogP contribution < -0.4 is 5.73 Å². The predicted molar refractivity (Wildman–Crippen MR) is 67.4 cm³/mol. The van der Waals surface area contributed by atoms with Gasteiger partial charge in [0.05, 0.1) is 6.54 Å². The Morgan fingerprint density at radius 3 is 2.41 bits per heavy atom. The molecule has 0 saturated heterocycles. The van der Waals surface area contributed by atoms with Crippen LogP contribution in [0.4, 0.5) is 0 Å². The van der Waals surface area contributed by atoms with Crippen LogP contribution in [0.1, 0.15) is 19.4 Å². The molecule has 0 aliphatic rings. The number of carbonyl (C=O) groups is 1. The number of nitrogens with zero attached hydrogens (tertiary/aromatic N) is 1. The van der Waals surface area contributed by atoms with Gasteiger partial charge in [-0.1, -0.05) is 26.0 Å². The van der Waals surface area contributed by atoms with Crippen LogP contribution in [-0.2, 0) is 11.3 Å². The van der Waals surface area contributed by atoms with Gasteiger partial charge in [0.2, 0.25) is 5.91 Å². The summed E-state index contributed by atoms with van der Waals surface area (Å²) in [7, 11) is 0. The number of carbonyl (C=O) groups excluding carboxylic acids is 1. The lowest BCUT2D eigenvalue weighted by Crippen LogP contribution is -2.35. The van der Waals surface area contributed by atoms with Crippen LogP contribution in [0.2, 0.25) is 0 Å². The molecule has 1 rings (SSSR count). The standard InChI is InChI=1S/C13H20N2O2/c1-10(2)7-15(9-13(14)17)8-11-3-5-12(16)6-4-11/h3-6,10,16H,7-9H2,1-2H3,(H2,14,17). The molecule has 0 fully saturated rings. The Morgan fingerprint density at radius 2 is 1.94 bits per heavy atom. The topological polar surface area (TPSA) is 66.6 Å². The Balaban J connectivity index is 2.64. The van der Waals surface area contributed by atoms with Crippen molar-refractivity contribution < 1.29 is 9.90 Å². The molecule has 3 N–H and O–H groups in total. The highest BCUT2D eigenvalue weighted by Gasteiger charge is 2.10. The summed E-state index contributed by atoms with van der Waals surface area (Å²) in [5, 5.41) is 9.19. The molecule has 0 radical (unpaired) electrons. The fourth-order valence-corrected chi connectivity index (χ4v) is 1.78. The molecule has 17 heavy (non-hydrogen) atoms. The smallest absolute Gasteiger partial charge is 0.231 e. The summed E-state index contributed by atoms with van der Waals surface area (Å²) < 4.78 is 0. The van der Waals surface area contributed by atoms with Gasteiger partial charge >= 0.3 is 0 Å². The predicted octanol–water partition coefficient (Wildman–Crippen LogP) is 1.34. The molecule has 0 heterocycles.